The van der Waals surface area contributed by atoms with Crippen LogP contribution in [0.3, 0.4) is 0 Å². The van der Waals surface area contributed by atoms with E-state index in [2.05, 4.69) is 10.3 Å². The van der Waals surface area contributed by atoms with Gasteiger partial charge in [0.1, 0.15) is 18.1 Å². The molecule has 1 heterocycles. The van der Waals surface area contributed by atoms with Crippen molar-refractivity contribution in [3.8, 4) is 11.5 Å². The highest BCUT2D eigenvalue weighted by Gasteiger charge is 2.26. The number of nitrogens with two attached hydrogens (primary N) is 1. The minimum absolute atomic E-state index is 0.0709. The number of ether oxygens (including phenoxy) is 2. The van der Waals surface area contributed by atoms with E-state index in [0.717, 1.165) is 23.5 Å². The van der Waals surface area contributed by atoms with Gasteiger partial charge in [-0.25, -0.2) is 0 Å². The summed E-state index contributed by atoms with van der Waals surface area (Å²) >= 11 is 6.25. The van der Waals surface area contributed by atoms with Gasteiger partial charge in [-0.1, -0.05) is 29.8 Å². The standard InChI is InChI=1S/C18H20ClN3O2/c1-23-13-7-5-12(6-8-13)9-10-21-18(20)22-15-11-24-16-4-2-3-14(19)17(15)16/h2-8,15H,9-11H2,1H3,(H3,20,21,22). The van der Waals surface area contributed by atoms with Crippen molar-refractivity contribution in [2.24, 2.45) is 10.7 Å². The topological polar surface area (TPSA) is 68.9 Å². The smallest absolute Gasteiger partial charge is 0.189 e. The van der Waals surface area contributed by atoms with Gasteiger partial charge in [0, 0.05) is 17.1 Å². The number of hydrogen-bond donors (Lipinski definition) is 2. The summed E-state index contributed by atoms with van der Waals surface area (Å²) in [5.74, 6) is 2.04. The molecule has 0 radical (unpaired) electrons. The summed E-state index contributed by atoms with van der Waals surface area (Å²) in [4.78, 5) is 4.38. The molecule has 0 saturated heterocycles. The Balaban J connectivity index is 1.56. The van der Waals surface area contributed by atoms with Gasteiger partial charge in [0.25, 0.3) is 0 Å². The van der Waals surface area contributed by atoms with Gasteiger partial charge in [0.2, 0.25) is 0 Å². The van der Waals surface area contributed by atoms with Crippen LogP contribution >= 0.6 is 11.6 Å². The molecule has 1 aliphatic rings. The highest BCUT2D eigenvalue weighted by Crippen LogP contribution is 2.37. The van der Waals surface area contributed by atoms with Crippen LogP contribution in [0.15, 0.2) is 47.5 Å². The molecule has 5 nitrogen and oxygen atoms in total. The summed E-state index contributed by atoms with van der Waals surface area (Å²) in [6, 6.07) is 13.5. The first-order valence-corrected chi connectivity index (χ1v) is 8.16. The number of aliphatic imine (C=N–C) groups is 1. The second-order valence-electron chi connectivity index (χ2n) is 5.52. The van der Waals surface area contributed by atoms with Gasteiger partial charge in [0.05, 0.1) is 13.2 Å². The summed E-state index contributed by atoms with van der Waals surface area (Å²) in [6.45, 7) is 1.10. The molecule has 0 saturated carbocycles. The fourth-order valence-corrected chi connectivity index (χ4v) is 2.97. The van der Waals surface area contributed by atoms with E-state index in [-0.39, 0.29) is 6.04 Å². The number of rotatable bonds is 5. The minimum Gasteiger partial charge on any atom is -0.497 e. The normalized spacial score (nSPS) is 16.4. The number of benzene rings is 2. The van der Waals surface area contributed by atoms with Crippen molar-refractivity contribution in [2.45, 2.75) is 12.5 Å². The Kier molecular flexibility index (Phi) is 5.11. The van der Waals surface area contributed by atoms with E-state index in [4.69, 9.17) is 26.8 Å². The predicted molar refractivity (Wildman–Crippen MR) is 96.0 cm³/mol. The average Bonchev–Trinajstić information content (AvgIpc) is 3.00. The summed E-state index contributed by atoms with van der Waals surface area (Å²) in [7, 11) is 1.66. The largest absolute Gasteiger partial charge is 0.497 e. The Hall–Kier alpha value is -2.40. The van der Waals surface area contributed by atoms with Crippen LogP contribution in [-0.4, -0.2) is 26.2 Å². The Bertz CT molecular complexity index is 732. The third-order valence-corrected chi connectivity index (χ3v) is 4.26. The number of halogens is 1. The molecular formula is C18H20ClN3O2. The molecule has 0 amide bonds. The zero-order chi connectivity index (χ0) is 16.9. The first kappa shape index (κ1) is 16.5. The molecule has 1 aliphatic heterocycles. The quantitative estimate of drug-likeness (QED) is 0.645. The van der Waals surface area contributed by atoms with E-state index in [1.54, 1.807) is 7.11 Å². The van der Waals surface area contributed by atoms with Gasteiger partial charge in [-0.3, -0.25) is 4.99 Å². The lowest BCUT2D eigenvalue weighted by Crippen LogP contribution is -2.36. The summed E-state index contributed by atoms with van der Waals surface area (Å²) in [5.41, 5.74) is 8.11. The summed E-state index contributed by atoms with van der Waals surface area (Å²) < 4.78 is 10.8. The molecule has 126 valence electrons. The lowest BCUT2D eigenvalue weighted by Gasteiger charge is -2.13. The Morgan fingerprint density at radius 3 is 2.88 bits per heavy atom. The van der Waals surface area contributed by atoms with E-state index < -0.39 is 0 Å². The molecule has 24 heavy (non-hydrogen) atoms. The molecular weight excluding hydrogens is 326 g/mol. The van der Waals surface area contributed by atoms with Crippen LogP contribution in [0.1, 0.15) is 17.2 Å². The van der Waals surface area contributed by atoms with Crippen LogP contribution in [0.5, 0.6) is 11.5 Å². The van der Waals surface area contributed by atoms with Crippen molar-refractivity contribution in [3.05, 3.63) is 58.6 Å². The van der Waals surface area contributed by atoms with Crippen molar-refractivity contribution in [3.63, 3.8) is 0 Å². The molecule has 0 aliphatic carbocycles. The first-order valence-electron chi connectivity index (χ1n) is 7.78. The third-order valence-electron chi connectivity index (χ3n) is 3.93. The molecule has 1 atom stereocenters. The lowest BCUT2D eigenvalue weighted by molar-refractivity contribution is 0.324. The van der Waals surface area contributed by atoms with Crippen molar-refractivity contribution in [2.75, 3.05) is 20.3 Å². The first-order chi connectivity index (χ1) is 11.7. The Morgan fingerprint density at radius 1 is 1.33 bits per heavy atom. The third kappa shape index (κ3) is 3.74. The predicted octanol–water partition coefficient (Wildman–Crippen LogP) is 2.93. The van der Waals surface area contributed by atoms with Gasteiger partial charge in [0.15, 0.2) is 5.96 Å². The maximum Gasteiger partial charge on any atom is 0.189 e. The van der Waals surface area contributed by atoms with Crippen LogP contribution in [0.2, 0.25) is 5.02 Å². The number of fused-ring (bicyclic) bond motifs is 1. The van der Waals surface area contributed by atoms with Gasteiger partial charge >= 0.3 is 0 Å². The highest BCUT2D eigenvalue weighted by atomic mass is 35.5. The van der Waals surface area contributed by atoms with Gasteiger partial charge < -0.3 is 20.5 Å². The maximum atomic E-state index is 6.25. The molecule has 2 aromatic rings. The molecule has 6 heteroatoms. The van der Waals surface area contributed by atoms with Gasteiger partial charge in [-0.15, -0.1) is 0 Å². The van der Waals surface area contributed by atoms with E-state index in [0.29, 0.717) is 24.1 Å². The van der Waals surface area contributed by atoms with Crippen molar-refractivity contribution < 1.29 is 9.47 Å². The average molecular weight is 346 g/mol. The van der Waals surface area contributed by atoms with E-state index >= 15 is 0 Å². The zero-order valence-corrected chi connectivity index (χ0v) is 14.2. The van der Waals surface area contributed by atoms with Crippen LogP contribution in [0, 0.1) is 0 Å². The lowest BCUT2D eigenvalue weighted by atomic mass is 10.1. The molecule has 0 spiro atoms. The number of hydrogen-bond acceptors (Lipinski definition) is 3. The van der Waals surface area contributed by atoms with Crippen molar-refractivity contribution in [1.29, 1.82) is 0 Å². The number of nitrogens with zero attached hydrogens (tertiary/aromatic N) is 1. The second-order valence-corrected chi connectivity index (χ2v) is 5.93. The molecule has 3 N–H and O–H groups in total. The Morgan fingerprint density at radius 2 is 2.12 bits per heavy atom. The van der Waals surface area contributed by atoms with Crippen LogP contribution in [-0.2, 0) is 6.42 Å². The molecule has 1 unspecified atom stereocenters. The summed E-state index contributed by atoms with van der Waals surface area (Å²) in [6.07, 6.45) is 0.810. The van der Waals surface area contributed by atoms with E-state index in [1.807, 2.05) is 42.5 Å². The molecule has 0 fully saturated rings. The SMILES string of the molecule is COc1ccc(CCN=C(N)NC2COc3cccc(Cl)c32)cc1. The molecule has 3 rings (SSSR count). The minimum atomic E-state index is -0.0709. The number of methoxy groups -OCH3 is 1. The number of guanidine groups is 1. The second kappa shape index (κ2) is 7.45. The van der Waals surface area contributed by atoms with E-state index in [1.165, 1.54) is 5.56 Å². The fraction of sp³-hybridized carbons (Fsp3) is 0.278. The monoisotopic (exact) mass is 345 g/mol. The molecule has 2 aromatic carbocycles. The fourth-order valence-electron chi connectivity index (χ4n) is 2.67. The van der Waals surface area contributed by atoms with Crippen molar-refractivity contribution in [1.82, 2.24) is 5.32 Å². The Labute approximate surface area is 146 Å². The molecule has 0 aromatic heterocycles. The summed E-state index contributed by atoms with van der Waals surface area (Å²) in [5, 5.41) is 3.85. The van der Waals surface area contributed by atoms with Crippen molar-refractivity contribution >= 4 is 17.6 Å². The van der Waals surface area contributed by atoms with Crippen LogP contribution < -0.4 is 20.5 Å². The van der Waals surface area contributed by atoms with Gasteiger partial charge in [-0.05, 0) is 36.2 Å². The highest BCUT2D eigenvalue weighted by molar-refractivity contribution is 6.31. The zero-order valence-electron chi connectivity index (χ0n) is 13.5. The van der Waals surface area contributed by atoms with E-state index in [9.17, 15) is 0 Å². The number of nitrogens with one attached hydrogen (secondary N) is 1. The maximum absolute atomic E-state index is 6.25. The van der Waals surface area contributed by atoms with Crippen LogP contribution in [0.4, 0.5) is 0 Å². The molecule has 0 bridgehead atoms. The van der Waals surface area contributed by atoms with Gasteiger partial charge in [-0.2, -0.15) is 0 Å². The van der Waals surface area contributed by atoms with Crippen LogP contribution in [0.25, 0.3) is 0 Å².